The van der Waals surface area contributed by atoms with E-state index < -0.39 is 5.97 Å². The molecule has 124 valence electrons. The maximum Gasteiger partial charge on any atom is 0.335 e. The summed E-state index contributed by atoms with van der Waals surface area (Å²) in [4.78, 5) is 11.5. The second-order valence-corrected chi connectivity index (χ2v) is 5.32. The van der Waals surface area contributed by atoms with Crippen LogP contribution in [0.15, 0.2) is 52.8 Å². The van der Waals surface area contributed by atoms with Gasteiger partial charge in [0.15, 0.2) is 0 Å². The second kappa shape index (κ2) is 7.50. The zero-order valence-electron chi connectivity index (χ0n) is 13.9. The van der Waals surface area contributed by atoms with Crippen LogP contribution >= 0.6 is 0 Å². The van der Waals surface area contributed by atoms with Crippen LogP contribution in [-0.2, 0) is 0 Å². The lowest BCUT2D eigenvalue weighted by molar-refractivity contribution is 0.0697. The Balaban J connectivity index is 2.54. The van der Waals surface area contributed by atoms with Gasteiger partial charge < -0.3 is 5.11 Å². The van der Waals surface area contributed by atoms with Crippen molar-refractivity contribution in [3.8, 4) is 11.1 Å². The Morgan fingerprint density at radius 3 is 2.29 bits per heavy atom. The summed E-state index contributed by atoms with van der Waals surface area (Å²) in [7, 11) is 1.53. The first kappa shape index (κ1) is 17.3. The number of hydrogen-bond donors (Lipinski definition) is 2. The van der Waals surface area contributed by atoms with Gasteiger partial charge in [0.05, 0.1) is 12.6 Å². The normalized spacial score (nSPS) is 10.8. The number of hydrogen-bond acceptors (Lipinski definition) is 4. The highest BCUT2D eigenvalue weighted by Crippen LogP contribution is 2.24. The van der Waals surface area contributed by atoms with Gasteiger partial charge in [-0.1, -0.05) is 35.1 Å². The van der Waals surface area contributed by atoms with Crippen LogP contribution in [0.5, 0.6) is 0 Å². The summed E-state index contributed by atoms with van der Waals surface area (Å²) in [6, 6.07) is 12.7. The zero-order chi connectivity index (χ0) is 17.7. The van der Waals surface area contributed by atoms with Gasteiger partial charge in [-0.3, -0.25) is 5.41 Å². The monoisotopic (exact) mass is 324 g/mol. The van der Waals surface area contributed by atoms with E-state index >= 15 is 0 Å². The van der Waals surface area contributed by atoms with Crippen LogP contribution in [0.3, 0.4) is 0 Å². The van der Waals surface area contributed by atoms with Gasteiger partial charge in [0.2, 0.25) is 0 Å². The van der Waals surface area contributed by atoms with Crippen LogP contribution in [-0.4, -0.2) is 35.5 Å². The van der Waals surface area contributed by atoms with E-state index in [2.05, 4.69) is 10.3 Å². The second-order valence-electron chi connectivity index (χ2n) is 5.32. The fourth-order valence-electron chi connectivity index (χ4n) is 2.32. The molecule has 6 nitrogen and oxygen atoms in total. The van der Waals surface area contributed by atoms with Crippen molar-refractivity contribution in [2.75, 3.05) is 13.6 Å². The number of nitrogens with zero attached hydrogens (tertiary/aromatic N) is 3. The van der Waals surface area contributed by atoms with Crippen molar-refractivity contribution >= 4 is 11.8 Å². The van der Waals surface area contributed by atoms with Crippen molar-refractivity contribution in [1.82, 2.24) is 5.01 Å². The highest BCUT2D eigenvalue weighted by Gasteiger charge is 2.15. The molecule has 0 fully saturated rings. The minimum atomic E-state index is -1.03. The molecule has 0 aliphatic rings. The average molecular weight is 324 g/mol. The van der Waals surface area contributed by atoms with Gasteiger partial charge in [-0.15, -0.1) is 0 Å². The predicted octanol–water partition coefficient (Wildman–Crippen LogP) is 4.00. The molecule has 0 heterocycles. The third kappa shape index (κ3) is 3.84. The fourth-order valence-corrected chi connectivity index (χ4v) is 2.32. The first-order valence-electron chi connectivity index (χ1n) is 7.58. The molecule has 0 aliphatic heterocycles. The molecule has 0 saturated carbocycles. The van der Waals surface area contributed by atoms with Crippen molar-refractivity contribution in [2.24, 2.45) is 10.3 Å². The quantitative estimate of drug-likeness (QED) is 0.377. The Kier molecular flexibility index (Phi) is 5.42. The van der Waals surface area contributed by atoms with Gasteiger partial charge in [-0.05, 0) is 43.2 Å². The standard InChI is InChI=1S/C18H20N4O2/c1-4-22(21-20-3)17(19)15-9-14(10-16(11-15)18(23)24)13-7-5-12(2)6-8-13/h5-11,19H,4H2,1-3H3,(H,23,24). The number of aromatic carboxylic acids is 1. The minimum Gasteiger partial charge on any atom is -0.478 e. The number of rotatable bonds is 5. The van der Waals surface area contributed by atoms with Crippen molar-refractivity contribution in [3.63, 3.8) is 0 Å². The molecule has 6 heteroatoms. The van der Waals surface area contributed by atoms with E-state index in [1.165, 1.54) is 18.1 Å². The predicted molar refractivity (Wildman–Crippen MR) is 93.6 cm³/mol. The lowest BCUT2D eigenvalue weighted by Gasteiger charge is -2.17. The molecule has 0 bridgehead atoms. The summed E-state index contributed by atoms with van der Waals surface area (Å²) >= 11 is 0. The number of carbonyl (C=O) groups is 1. The molecule has 0 amide bonds. The van der Waals surface area contributed by atoms with Gasteiger partial charge in [0.25, 0.3) is 0 Å². The minimum absolute atomic E-state index is 0.111. The van der Waals surface area contributed by atoms with Crippen molar-refractivity contribution in [3.05, 3.63) is 59.2 Å². The van der Waals surface area contributed by atoms with Crippen molar-refractivity contribution in [1.29, 1.82) is 5.41 Å². The third-order valence-corrected chi connectivity index (χ3v) is 3.59. The Morgan fingerprint density at radius 1 is 1.12 bits per heavy atom. The molecule has 0 spiro atoms. The third-order valence-electron chi connectivity index (χ3n) is 3.59. The molecule has 0 aromatic heterocycles. The lowest BCUT2D eigenvalue weighted by atomic mass is 9.98. The van der Waals surface area contributed by atoms with Crippen LogP contribution in [0.2, 0.25) is 0 Å². The number of carboxylic acid groups (broad SMARTS) is 1. The summed E-state index contributed by atoms with van der Waals surface area (Å²) in [5, 5.41) is 26.7. The van der Waals surface area contributed by atoms with E-state index in [4.69, 9.17) is 5.41 Å². The fraction of sp³-hybridized carbons (Fsp3) is 0.222. The Hall–Kier alpha value is -3.02. The molecule has 0 unspecified atom stereocenters. The van der Waals surface area contributed by atoms with Gasteiger partial charge in [-0.2, -0.15) is 5.11 Å². The van der Waals surface area contributed by atoms with E-state index in [1.807, 2.05) is 38.1 Å². The summed E-state index contributed by atoms with van der Waals surface area (Å²) in [5.41, 5.74) is 3.40. The lowest BCUT2D eigenvalue weighted by Crippen LogP contribution is -2.25. The molecule has 2 aromatic carbocycles. The number of benzene rings is 2. The van der Waals surface area contributed by atoms with E-state index in [0.717, 1.165) is 16.7 Å². The summed E-state index contributed by atoms with van der Waals surface area (Å²) < 4.78 is 0. The topological polar surface area (TPSA) is 89.1 Å². The molecule has 0 atom stereocenters. The van der Waals surface area contributed by atoms with Crippen LogP contribution < -0.4 is 0 Å². The Bertz CT molecular complexity index is 782. The van der Waals surface area contributed by atoms with Crippen LogP contribution in [0.25, 0.3) is 11.1 Å². The van der Waals surface area contributed by atoms with E-state index in [9.17, 15) is 9.90 Å². The number of aryl methyl sites for hydroxylation is 1. The summed E-state index contributed by atoms with van der Waals surface area (Å²) in [6.07, 6.45) is 0. The smallest absolute Gasteiger partial charge is 0.335 e. The Morgan fingerprint density at radius 2 is 1.75 bits per heavy atom. The van der Waals surface area contributed by atoms with Crippen molar-refractivity contribution < 1.29 is 9.90 Å². The van der Waals surface area contributed by atoms with Crippen LogP contribution in [0.1, 0.15) is 28.4 Å². The summed E-state index contributed by atoms with van der Waals surface area (Å²) in [5.74, 6) is -0.919. The van der Waals surface area contributed by atoms with Gasteiger partial charge in [0, 0.05) is 12.1 Å². The highest BCUT2D eigenvalue weighted by molar-refractivity contribution is 6.00. The van der Waals surface area contributed by atoms with Crippen LogP contribution in [0, 0.1) is 12.3 Å². The average Bonchev–Trinajstić information content (AvgIpc) is 2.59. The molecule has 0 saturated heterocycles. The number of nitrogens with one attached hydrogen (secondary N) is 1. The molecule has 2 N–H and O–H groups in total. The first-order valence-corrected chi connectivity index (χ1v) is 7.58. The Labute approximate surface area is 140 Å². The maximum absolute atomic E-state index is 11.5. The van der Waals surface area contributed by atoms with E-state index in [-0.39, 0.29) is 11.4 Å². The molecule has 24 heavy (non-hydrogen) atoms. The van der Waals surface area contributed by atoms with Gasteiger partial charge >= 0.3 is 5.97 Å². The van der Waals surface area contributed by atoms with Crippen LogP contribution in [0.4, 0.5) is 0 Å². The molecule has 0 aliphatic carbocycles. The number of amidine groups is 1. The molecular formula is C18H20N4O2. The zero-order valence-corrected chi connectivity index (χ0v) is 13.9. The van der Waals surface area contributed by atoms with Crippen molar-refractivity contribution in [2.45, 2.75) is 13.8 Å². The molecule has 0 radical (unpaired) electrons. The molecular weight excluding hydrogens is 304 g/mol. The highest BCUT2D eigenvalue weighted by atomic mass is 16.4. The van der Waals surface area contributed by atoms with E-state index in [1.54, 1.807) is 12.1 Å². The SMILES string of the molecule is CCN(N=NC)C(=N)c1cc(C(=O)O)cc(-c2ccc(C)cc2)c1. The number of carboxylic acids is 1. The van der Waals surface area contributed by atoms with E-state index in [0.29, 0.717) is 12.1 Å². The molecule has 2 aromatic rings. The largest absolute Gasteiger partial charge is 0.478 e. The van der Waals surface area contributed by atoms with Gasteiger partial charge in [-0.25, -0.2) is 9.80 Å². The molecule has 2 rings (SSSR count). The summed E-state index contributed by atoms with van der Waals surface area (Å²) in [6.45, 7) is 4.31. The first-order chi connectivity index (χ1) is 11.5. The van der Waals surface area contributed by atoms with Gasteiger partial charge in [0.1, 0.15) is 5.84 Å². The maximum atomic E-state index is 11.5.